The summed E-state index contributed by atoms with van der Waals surface area (Å²) in [6.07, 6.45) is -3.27. The number of carbonyl (C=O) groups is 1. The molecule has 0 saturated carbocycles. The monoisotopic (exact) mass is 576 g/mol. The van der Waals surface area contributed by atoms with Crippen molar-refractivity contribution in [2.45, 2.75) is 6.36 Å². The molecule has 3 aromatic carbocycles. The number of hydrogen-bond acceptors (Lipinski definition) is 8. The van der Waals surface area contributed by atoms with Gasteiger partial charge in [-0.25, -0.2) is 9.40 Å². The number of amidine groups is 2. The Labute approximate surface area is 228 Å². The third-order valence-corrected chi connectivity index (χ3v) is 6.66. The van der Waals surface area contributed by atoms with Gasteiger partial charge in [-0.15, -0.1) is 18.3 Å². The number of anilines is 2. The highest BCUT2D eigenvalue weighted by atomic mass is 35.5. The van der Waals surface area contributed by atoms with Gasteiger partial charge in [0.25, 0.3) is 0 Å². The standard InChI is InChI=1S/C25H17ClF4N6O2S/c26-19-2-1-3-20(27)22(19)36-21(37)13-39-24(36)33-32-12-15-4-6-16(7-5-15)23-31-14-35(34-23)17-8-10-18(11-9-17)38-25(28,29)30/h1-12H,13-14H2,(H,31,34)/b32-12+,33-24-. The number of hydrogen-bond donors (Lipinski definition) is 1. The number of amides is 1. The molecule has 14 heteroatoms. The van der Waals surface area contributed by atoms with Gasteiger partial charge in [0, 0.05) is 5.56 Å². The molecule has 0 radical (unpaired) electrons. The van der Waals surface area contributed by atoms with Crippen molar-refractivity contribution < 1.29 is 27.1 Å². The average Bonchev–Trinajstić information content (AvgIpc) is 3.52. The number of halogens is 5. The summed E-state index contributed by atoms with van der Waals surface area (Å²) in [5.41, 5.74) is 2.01. The summed E-state index contributed by atoms with van der Waals surface area (Å²) in [6, 6.07) is 16.7. The van der Waals surface area contributed by atoms with E-state index in [4.69, 9.17) is 11.6 Å². The minimum absolute atomic E-state index is 0.0584. The molecule has 8 nitrogen and oxygen atoms in total. The lowest BCUT2D eigenvalue weighted by Gasteiger charge is -2.17. The Balaban J connectivity index is 1.25. The summed E-state index contributed by atoms with van der Waals surface area (Å²) in [4.78, 5) is 13.5. The SMILES string of the molecule is O=C1CS/C(=N\N=C\c2ccc(C3=NN(c4ccc(OC(F)(F)F)cc4)CN3)cc2)N1c1c(F)cccc1Cl. The predicted octanol–water partition coefficient (Wildman–Crippen LogP) is 5.58. The number of carbonyl (C=O) groups excluding carboxylic acids is 1. The van der Waals surface area contributed by atoms with Gasteiger partial charge in [-0.1, -0.05) is 53.7 Å². The molecule has 1 saturated heterocycles. The van der Waals surface area contributed by atoms with Gasteiger partial charge >= 0.3 is 6.36 Å². The minimum atomic E-state index is -4.75. The zero-order valence-electron chi connectivity index (χ0n) is 19.7. The first-order chi connectivity index (χ1) is 18.7. The molecule has 3 aromatic rings. The van der Waals surface area contributed by atoms with Crippen molar-refractivity contribution in [3.05, 3.63) is 88.7 Å². The number of alkyl halides is 3. The fraction of sp³-hybridized carbons (Fsp3) is 0.120. The first-order valence-electron chi connectivity index (χ1n) is 11.2. The normalized spacial score (nSPS) is 16.8. The van der Waals surface area contributed by atoms with Gasteiger partial charge < -0.3 is 10.1 Å². The molecule has 200 valence electrons. The van der Waals surface area contributed by atoms with E-state index >= 15 is 0 Å². The first-order valence-corrected chi connectivity index (χ1v) is 12.6. The van der Waals surface area contributed by atoms with Crippen molar-refractivity contribution >= 4 is 57.9 Å². The molecule has 0 spiro atoms. The van der Waals surface area contributed by atoms with Gasteiger partial charge in [-0.2, -0.15) is 10.2 Å². The fourth-order valence-electron chi connectivity index (χ4n) is 3.70. The molecule has 2 aliphatic heterocycles. The van der Waals surface area contributed by atoms with Crippen LogP contribution < -0.4 is 20.0 Å². The molecule has 1 amide bonds. The average molecular weight is 577 g/mol. The van der Waals surface area contributed by atoms with Gasteiger partial charge in [-0.05, 0) is 42.0 Å². The van der Waals surface area contributed by atoms with Crippen LogP contribution in [0.25, 0.3) is 0 Å². The smallest absolute Gasteiger partial charge is 0.406 e. The molecule has 0 aliphatic carbocycles. The number of nitrogens with one attached hydrogen (secondary N) is 1. The van der Waals surface area contributed by atoms with Crippen molar-refractivity contribution in [2.24, 2.45) is 15.3 Å². The quantitative estimate of drug-likeness (QED) is 0.235. The van der Waals surface area contributed by atoms with Crippen LogP contribution in [0.3, 0.4) is 0 Å². The molecule has 2 heterocycles. The highest BCUT2D eigenvalue weighted by Gasteiger charge is 2.33. The highest BCUT2D eigenvalue weighted by molar-refractivity contribution is 8.15. The lowest BCUT2D eigenvalue weighted by molar-refractivity contribution is -0.274. The number of nitrogens with zero attached hydrogens (tertiary/aromatic N) is 5. The lowest BCUT2D eigenvalue weighted by atomic mass is 10.1. The Bertz CT molecular complexity index is 1460. The number of rotatable bonds is 6. The van der Waals surface area contributed by atoms with Crippen LogP contribution in [0, 0.1) is 5.82 Å². The van der Waals surface area contributed by atoms with E-state index < -0.39 is 12.2 Å². The van der Waals surface area contributed by atoms with Crippen molar-refractivity contribution in [1.82, 2.24) is 5.32 Å². The van der Waals surface area contributed by atoms with Crippen molar-refractivity contribution in [2.75, 3.05) is 22.3 Å². The van der Waals surface area contributed by atoms with E-state index in [1.807, 2.05) is 12.1 Å². The molecule has 0 unspecified atom stereocenters. The summed E-state index contributed by atoms with van der Waals surface area (Å²) in [6.45, 7) is 0.328. The van der Waals surface area contributed by atoms with E-state index in [1.165, 1.54) is 48.7 Å². The maximum absolute atomic E-state index is 14.4. The summed E-state index contributed by atoms with van der Waals surface area (Å²) in [5.74, 6) is -0.639. The van der Waals surface area contributed by atoms with Crippen molar-refractivity contribution in [1.29, 1.82) is 0 Å². The maximum atomic E-state index is 14.4. The van der Waals surface area contributed by atoms with E-state index in [9.17, 15) is 22.4 Å². The van der Waals surface area contributed by atoms with E-state index in [-0.39, 0.29) is 33.3 Å². The Kier molecular flexibility index (Phi) is 7.44. The molecular formula is C25H17ClF4N6O2S. The molecule has 1 N–H and O–H groups in total. The minimum Gasteiger partial charge on any atom is -0.406 e. The summed E-state index contributed by atoms with van der Waals surface area (Å²) in [7, 11) is 0. The first kappa shape index (κ1) is 26.5. The second-order valence-corrected chi connectivity index (χ2v) is 9.41. The van der Waals surface area contributed by atoms with Gasteiger partial charge in [0.05, 0.1) is 22.7 Å². The van der Waals surface area contributed by atoms with E-state index in [0.29, 0.717) is 23.8 Å². The number of para-hydroxylation sites is 1. The van der Waals surface area contributed by atoms with Crippen LogP contribution in [-0.4, -0.2) is 41.9 Å². The zero-order chi connectivity index (χ0) is 27.6. The molecular weight excluding hydrogens is 560 g/mol. The van der Waals surface area contributed by atoms with Gasteiger partial charge in [0.15, 0.2) is 11.0 Å². The maximum Gasteiger partial charge on any atom is 0.573 e. The van der Waals surface area contributed by atoms with Crippen molar-refractivity contribution in [3.63, 3.8) is 0 Å². The van der Waals surface area contributed by atoms with E-state index in [1.54, 1.807) is 17.1 Å². The fourth-order valence-corrected chi connectivity index (χ4v) is 4.76. The van der Waals surface area contributed by atoms with Crippen LogP contribution in [-0.2, 0) is 4.79 Å². The lowest BCUT2D eigenvalue weighted by Crippen LogP contribution is -2.30. The second-order valence-electron chi connectivity index (χ2n) is 8.06. The van der Waals surface area contributed by atoms with Crippen LogP contribution in [0.5, 0.6) is 5.75 Å². The Morgan fingerprint density at radius 2 is 1.82 bits per heavy atom. The van der Waals surface area contributed by atoms with Gasteiger partial charge in [-0.3, -0.25) is 9.69 Å². The summed E-state index contributed by atoms with van der Waals surface area (Å²) < 4.78 is 55.3. The third kappa shape index (κ3) is 6.15. The Morgan fingerprint density at radius 3 is 2.51 bits per heavy atom. The van der Waals surface area contributed by atoms with Crippen LogP contribution in [0.2, 0.25) is 5.02 Å². The largest absolute Gasteiger partial charge is 0.573 e. The van der Waals surface area contributed by atoms with Gasteiger partial charge in [0.1, 0.15) is 23.9 Å². The molecule has 0 bridgehead atoms. The predicted molar refractivity (Wildman–Crippen MR) is 143 cm³/mol. The summed E-state index contributed by atoms with van der Waals surface area (Å²) in [5, 5.41) is 17.7. The molecule has 0 atom stereocenters. The summed E-state index contributed by atoms with van der Waals surface area (Å²) >= 11 is 7.24. The topological polar surface area (TPSA) is 81.9 Å². The Morgan fingerprint density at radius 1 is 1.08 bits per heavy atom. The van der Waals surface area contributed by atoms with Crippen LogP contribution in [0.15, 0.2) is 82.0 Å². The molecule has 1 fully saturated rings. The van der Waals surface area contributed by atoms with Crippen LogP contribution in [0.4, 0.5) is 28.9 Å². The second kappa shape index (κ2) is 10.9. The zero-order valence-corrected chi connectivity index (χ0v) is 21.3. The van der Waals surface area contributed by atoms with Gasteiger partial charge in [0.2, 0.25) is 5.91 Å². The number of ether oxygens (including phenoxy) is 1. The molecule has 2 aliphatic rings. The number of thioether (sulfide) groups is 1. The number of benzene rings is 3. The molecule has 5 rings (SSSR count). The molecule has 0 aromatic heterocycles. The van der Waals surface area contributed by atoms with Crippen LogP contribution in [0.1, 0.15) is 11.1 Å². The van der Waals surface area contributed by atoms with Crippen molar-refractivity contribution in [3.8, 4) is 5.75 Å². The molecule has 39 heavy (non-hydrogen) atoms. The highest BCUT2D eigenvalue weighted by Crippen LogP contribution is 2.34. The van der Waals surface area contributed by atoms with E-state index in [0.717, 1.165) is 22.2 Å². The van der Waals surface area contributed by atoms with Crippen LogP contribution >= 0.6 is 23.4 Å². The van der Waals surface area contributed by atoms with E-state index in [2.05, 4.69) is 25.4 Å². The number of hydrazone groups is 1. The third-order valence-electron chi connectivity index (χ3n) is 5.45. The Hall–Kier alpha value is -4.10.